The van der Waals surface area contributed by atoms with E-state index >= 15 is 0 Å². The van der Waals surface area contributed by atoms with Gasteiger partial charge in [-0.3, -0.25) is 10.1 Å². The zero-order valence-corrected chi connectivity index (χ0v) is 14.5. The first-order valence-corrected chi connectivity index (χ1v) is 9.35. The molecule has 9 nitrogen and oxygen atoms in total. The maximum atomic E-state index is 11.9. The van der Waals surface area contributed by atoms with E-state index in [1.165, 1.54) is 19.2 Å². The van der Waals surface area contributed by atoms with Crippen LogP contribution in [0.15, 0.2) is 41.8 Å². The quantitative estimate of drug-likeness (QED) is 0.611. The van der Waals surface area contributed by atoms with Crippen LogP contribution in [0, 0.1) is 10.1 Å². The molecule has 1 unspecified atom stereocenters. The lowest BCUT2D eigenvalue weighted by molar-refractivity contribution is -0.384. The monoisotopic (exact) mass is 365 g/mol. The molecule has 134 valence electrons. The molecule has 0 aliphatic carbocycles. The van der Waals surface area contributed by atoms with Crippen molar-refractivity contribution in [2.75, 3.05) is 18.5 Å². The van der Waals surface area contributed by atoms with Crippen molar-refractivity contribution in [3.05, 3.63) is 47.0 Å². The number of nitro groups is 1. The summed E-state index contributed by atoms with van der Waals surface area (Å²) in [6.07, 6.45) is 7.10. The summed E-state index contributed by atoms with van der Waals surface area (Å²) in [5, 5.41) is 11.5. The minimum atomic E-state index is -3.73. The van der Waals surface area contributed by atoms with Gasteiger partial charge >= 0.3 is 0 Å². The number of aromatic nitrogens is 2. The molecule has 1 aliphatic heterocycles. The van der Waals surface area contributed by atoms with Gasteiger partial charge in [0, 0.05) is 37.6 Å². The Morgan fingerprint density at radius 1 is 1.44 bits per heavy atom. The Labute approximate surface area is 145 Å². The van der Waals surface area contributed by atoms with E-state index in [4.69, 9.17) is 0 Å². The third kappa shape index (κ3) is 3.49. The lowest BCUT2D eigenvalue weighted by Gasteiger charge is -2.27. The van der Waals surface area contributed by atoms with Crippen molar-refractivity contribution < 1.29 is 13.3 Å². The fraction of sp³-hybridized carbons (Fsp3) is 0.400. The Morgan fingerprint density at radius 3 is 2.88 bits per heavy atom. The Hall–Kier alpha value is -2.46. The van der Waals surface area contributed by atoms with Gasteiger partial charge in [-0.05, 0) is 32.0 Å². The number of anilines is 1. The zero-order chi connectivity index (χ0) is 18.0. The minimum Gasteiger partial charge on any atom is -0.361 e. The predicted octanol–water partition coefficient (Wildman–Crippen LogP) is 1.37. The summed E-state index contributed by atoms with van der Waals surface area (Å²) >= 11 is 0. The van der Waals surface area contributed by atoms with Gasteiger partial charge < -0.3 is 9.47 Å². The molecule has 1 saturated heterocycles. The molecule has 1 atom stereocenters. The largest absolute Gasteiger partial charge is 0.361 e. The van der Waals surface area contributed by atoms with Crippen LogP contribution in [0.3, 0.4) is 0 Å². The summed E-state index contributed by atoms with van der Waals surface area (Å²) in [5.74, 6) is 0. The van der Waals surface area contributed by atoms with Gasteiger partial charge in [0.25, 0.3) is 5.69 Å². The van der Waals surface area contributed by atoms with E-state index in [2.05, 4.69) is 9.71 Å². The molecule has 2 aromatic rings. The fourth-order valence-corrected chi connectivity index (χ4v) is 3.91. The van der Waals surface area contributed by atoms with Crippen LogP contribution in [-0.2, 0) is 16.6 Å². The molecule has 1 fully saturated rings. The first kappa shape index (κ1) is 17.4. The van der Waals surface area contributed by atoms with E-state index in [1.54, 1.807) is 12.5 Å². The van der Waals surface area contributed by atoms with Crippen molar-refractivity contribution in [1.29, 1.82) is 0 Å². The Bertz CT molecular complexity index is 866. The molecule has 1 aliphatic rings. The van der Waals surface area contributed by atoms with E-state index in [1.807, 2.05) is 15.7 Å². The average Bonchev–Trinajstić information content (AvgIpc) is 3.26. The highest BCUT2D eigenvalue weighted by Gasteiger charge is 2.31. The lowest BCUT2D eigenvalue weighted by Crippen LogP contribution is -2.33. The van der Waals surface area contributed by atoms with Crippen molar-refractivity contribution in [2.45, 2.75) is 30.3 Å². The normalized spacial score (nSPS) is 17.8. The molecule has 25 heavy (non-hydrogen) atoms. The van der Waals surface area contributed by atoms with Gasteiger partial charge in [-0.1, -0.05) is 0 Å². The minimum absolute atomic E-state index is 0.0969. The first-order chi connectivity index (χ1) is 11.9. The van der Waals surface area contributed by atoms with E-state index in [-0.39, 0.29) is 16.6 Å². The predicted molar refractivity (Wildman–Crippen MR) is 91.9 cm³/mol. The highest BCUT2D eigenvalue weighted by molar-refractivity contribution is 7.89. The van der Waals surface area contributed by atoms with Crippen LogP contribution >= 0.6 is 0 Å². The van der Waals surface area contributed by atoms with Crippen LogP contribution in [0.1, 0.15) is 12.8 Å². The van der Waals surface area contributed by atoms with Gasteiger partial charge in [0.2, 0.25) is 10.0 Å². The van der Waals surface area contributed by atoms with Crippen molar-refractivity contribution in [2.24, 2.45) is 0 Å². The standard InChI is InChI=1S/C15H19N5O4S/c1-16-25(23,24)13-4-5-14(15(9-13)20(21)22)19-7-2-3-12(19)10-18-8-6-17-11-18/h4-6,8-9,11-12,16H,2-3,7,10H2,1H3. The topological polar surface area (TPSA) is 110 Å². The van der Waals surface area contributed by atoms with Gasteiger partial charge in [0.05, 0.1) is 16.1 Å². The van der Waals surface area contributed by atoms with Crippen LogP contribution in [0.25, 0.3) is 0 Å². The SMILES string of the molecule is CNS(=O)(=O)c1ccc(N2CCCC2Cn2ccnc2)c([N+](=O)[O-])c1. The number of nitro benzene ring substituents is 1. The number of nitrogens with zero attached hydrogens (tertiary/aromatic N) is 4. The molecule has 1 aromatic heterocycles. The summed E-state index contributed by atoms with van der Waals surface area (Å²) < 4.78 is 28.0. The van der Waals surface area contributed by atoms with Crippen LogP contribution < -0.4 is 9.62 Å². The van der Waals surface area contributed by atoms with Crippen molar-refractivity contribution in [3.8, 4) is 0 Å². The second-order valence-corrected chi connectivity index (χ2v) is 7.75. The van der Waals surface area contributed by atoms with Gasteiger partial charge in [-0.15, -0.1) is 0 Å². The molecule has 3 rings (SSSR count). The fourth-order valence-electron chi connectivity index (χ4n) is 3.16. The second-order valence-electron chi connectivity index (χ2n) is 5.86. The Morgan fingerprint density at radius 2 is 2.24 bits per heavy atom. The maximum absolute atomic E-state index is 11.9. The van der Waals surface area contributed by atoms with E-state index < -0.39 is 14.9 Å². The average molecular weight is 365 g/mol. The Kier molecular flexibility index (Phi) is 4.73. The maximum Gasteiger partial charge on any atom is 0.293 e. The Balaban J connectivity index is 1.96. The molecular formula is C15H19N5O4S. The highest BCUT2D eigenvalue weighted by atomic mass is 32.2. The molecule has 0 amide bonds. The molecule has 1 aromatic carbocycles. The third-order valence-corrected chi connectivity index (χ3v) is 5.80. The molecule has 0 radical (unpaired) electrons. The molecular weight excluding hydrogens is 346 g/mol. The molecule has 0 saturated carbocycles. The zero-order valence-electron chi connectivity index (χ0n) is 13.7. The van der Waals surface area contributed by atoms with Crippen molar-refractivity contribution >= 4 is 21.4 Å². The van der Waals surface area contributed by atoms with Crippen LogP contribution in [0.4, 0.5) is 11.4 Å². The van der Waals surface area contributed by atoms with Crippen LogP contribution in [0.5, 0.6) is 0 Å². The molecule has 1 N–H and O–H groups in total. The van der Waals surface area contributed by atoms with Crippen molar-refractivity contribution in [3.63, 3.8) is 0 Å². The number of hydrogen-bond donors (Lipinski definition) is 1. The van der Waals surface area contributed by atoms with Gasteiger partial charge in [0.1, 0.15) is 5.69 Å². The van der Waals surface area contributed by atoms with Crippen LogP contribution in [0.2, 0.25) is 0 Å². The number of rotatable bonds is 6. The van der Waals surface area contributed by atoms with E-state index in [9.17, 15) is 18.5 Å². The summed E-state index contributed by atoms with van der Waals surface area (Å²) in [6, 6.07) is 4.14. The summed E-state index contributed by atoms with van der Waals surface area (Å²) in [7, 11) is -2.46. The molecule has 0 bridgehead atoms. The smallest absolute Gasteiger partial charge is 0.293 e. The number of hydrogen-bond acceptors (Lipinski definition) is 6. The third-order valence-electron chi connectivity index (χ3n) is 4.39. The molecule has 2 heterocycles. The molecule has 0 spiro atoms. The lowest BCUT2D eigenvalue weighted by atomic mass is 10.2. The second kappa shape index (κ2) is 6.81. The van der Waals surface area contributed by atoms with Crippen LogP contribution in [-0.4, -0.2) is 42.5 Å². The number of benzene rings is 1. The molecule has 10 heteroatoms. The van der Waals surface area contributed by atoms with Gasteiger partial charge in [-0.25, -0.2) is 18.1 Å². The summed E-state index contributed by atoms with van der Waals surface area (Å²) in [6.45, 7) is 1.37. The van der Waals surface area contributed by atoms with Gasteiger partial charge in [-0.2, -0.15) is 0 Å². The number of imidazole rings is 1. The first-order valence-electron chi connectivity index (χ1n) is 7.87. The van der Waals surface area contributed by atoms with Crippen molar-refractivity contribution in [1.82, 2.24) is 14.3 Å². The summed E-state index contributed by atoms with van der Waals surface area (Å²) in [4.78, 5) is 16.9. The van der Waals surface area contributed by atoms with E-state index in [0.29, 0.717) is 18.8 Å². The highest BCUT2D eigenvalue weighted by Crippen LogP contribution is 2.35. The van der Waals surface area contributed by atoms with E-state index in [0.717, 1.165) is 18.9 Å². The summed E-state index contributed by atoms with van der Waals surface area (Å²) in [5.41, 5.74) is 0.247. The number of sulfonamides is 1. The number of nitrogens with one attached hydrogen (secondary N) is 1. The van der Waals surface area contributed by atoms with Gasteiger partial charge in [0.15, 0.2) is 0 Å².